The SMILES string of the molecule is CC(=O)CCN1CCC(N(C)C(=O)N2CC[C@H](N(C)C(=O)c3ccc(-c4ccc(C)cc4)cc3)C2)C1. The Bertz CT molecular complexity index is 1080. The maximum atomic E-state index is 13.2. The first kappa shape index (κ1) is 25.9. The topological polar surface area (TPSA) is 64.2 Å². The van der Waals surface area contributed by atoms with E-state index in [1.54, 1.807) is 11.8 Å². The fraction of sp³-hybridized carbons (Fsp3) is 0.483. The van der Waals surface area contributed by atoms with Crippen molar-refractivity contribution in [1.29, 1.82) is 0 Å². The fourth-order valence-electron chi connectivity index (χ4n) is 5.18. The molecule has 2 aliphatic heterocycles. The molecule has 36 heavy (non-hydrogen) atoms. The molecule has 2 atom stereocenters. The number of Topliss-reactive ketones (excluding diaryl/α,β-unsaturated/α-hetero) is 1. The van der Waals surface area contributed by atoms with Gasteiger partial charge in [-0.1, -0.05) is 42.0 Å². The highest BCUT2D eigenvalue weighted by Gasteiger charge is 2.35. The number of likely N-dealkylation sites (N-methyl/N-ethyl adjacent to an activating group) is 2. The highest BCUT2D eigenvalue weighted by Crippen LogP contribution is 2.23. The minimum Gasteiger partial charge on any atom is -0.337 e. The third-order valence-electron chi connectivity index (χ3n) is 7.70. The van der Waals surface area contributed by atoms with E-state index < -0.39 is 0 Å². The lowest BCUT2D eigenvalue weighted by molar-refractivity contribution is -0.117. The number of carbonyl (C=O) groups is 3. The van der Waals surface area contributed by atoms with Crippen molar-refractivity contribution < 1.29 is 14.4 Å². The summed E-state index contributed by atoms with van der Waals surface area (Å²) >= 11 is 0. The largest absolute Gasteiger partial charge is 0.337 e. The summed E-state index contributed by atoms with van der Waals surface area (Å²) in [6.07, 6.45) is 2.26. The Labute approximate surface area is 214 Å². The molecule has 2 heterocycles. The molecule has 7 nitrogen and oxygen atoms in total. The third kappa shape index (κ3) is 5.95. The van der Waals surface area contributed by atoms with Crippen molar-refractivity contribution in [3.63, 3.8) is 0 Å². The third-order valence-corrected chi connectivity index (χ3v) is 7.70. The smallest absolute Gasteiger partial charge is 0.320 e. The molecule has 0 saturated carbocycles. The second kappa shape index (κ2) is 11.2. The maximum absolute atomic E-state index is 13.2. The summed E-state index contributed by atoms with van der Waals surface area (Å²) in [5.41, 5.74) is 4.09. The normalized spacial score (nSPS) is 19.9. The molecule has 3 amide bonds. The number of benzene rings is 2. The van der Waals surface area contributed by atoms with E-state index in [0.29, 0.717) is 25.1 Å². The first-order valence-corrected chi connectivity index (χ1v) is 12.9. The summed E-state index contributed by atoms with van der Waals surface area (Å²) in [7, 11) is 3.71. The number of carbonyl (C=O) groups excluding carboxylic acids is 3. The number of hydrogen-bond donors (Lipinski definition) is 0. The molecule has 2 aromatic rings. The molecule has 0 aliphatic carbocycles. The van der Waals surface area contributed by atoms with E-state index in [0.717, 1.165) is 43.6 Å². The molecule has 4 rings (SSSR count). The van der Waals surface area contributed by atoms with Gasteiger partial charge in [0.2, 0.25) is 0 Å². The Balaban J connectivity index is 1.30. The number of hydrogen-bond acceptors (Lipinski definition) is 4. The van der Waals surface area contributed by atoms with Crippen LogP contribution >= 0.6 is 0 Å². The zero-order valence-electron chi connectivity index (χ0n) is 21.9. The number of urea groups is 1. The van der Waals surface area contributed by atoms with Gasteiger partial charge in [-0.3, -0.25) is 9.59 Å². The van der Waals surface area contributed by atoms with Gasteiger partial charge in [0.15, 0.2) is 0 Å². The van der Waals surface area contributed by atoms with Gasteiger partial charge in [0, 0.05) is 64.8 Å². The number of amides is 3. The van der Waals surface area contributed by atoms with Crippen LogP contribution in [0, 0.1) is 6.92 Å². The molecule has 0 radical (unpaired) electrons. The van der Waals surface area contributed by atoms with Gasteiger partial charge in [-0.15, -0.1) is 0 Å². The molecule has 0 N–H and O–H groups in total. The number of aryl methyl sites for hydroxylation is 1. The minimum atomic E-state index is -0.0185. The molecule has 192 valence electrons. The molecule has 2 fully saturated rings. The highest BCUT2D eigenvalue weighted by molar-refractivity contribution is 5.95. The van der Waals surface area contributed by atoms with E-state index in [1.165, 1.54) is 5.56 Å². The summed E-state index contributed by atoms with van der Waals surface area (Å²) in [5, 5.41) is 0. The number of nitrogens with zero attached hydrogens (tertiary/aromatic N) is 4. The van der Waals surface area contributed by atoms with Crippen LogP contribution in [0.2, 0.25) is 0 Å². The van der Waals surface area contributed by atoms with Gasteiger partial charge in [-0.2, -0.15) is 0 Å². The van der Waals surface area contributed by atoms with Crippen molar-refractivity contribution in [3.05, 3.63) is 59.7 Å². The van der Waals surface area contributed by atoms with Crippen LogP contribution in [-0.2, 0) is 4.79 Å². The van der Waals surface area contributed by atoms with Gasteiger partial charge < -0.3 is 19.6 Å². The van der Waals surface area contributed by atoms with Crippen LogP contribution in [0.1, 0.15) is 42.1 Å². The van der Waals surface area contributed by atoms with E-state index in [2.05, 4.69) is 36.1 Å². The van der Waals surface area contributed by atoms with Crippen molar-refractivity contribution in [1.82, 2.24) is 19.6 Å². The maximum Gasteiger partial charge on any atom is 0.320 e. The van der Waals surface area contributed by atoms with Crippen LogP contribution < -0.4 is 0 Å². The number of rotatable bonds is 7. The predicted octanol–water partition coefficient (Wildman–Crippen LogP) is 3.91. The fourth-order valence-corrected chi connectivity index (χ4v) is 5.18. The molecular formula is C29H38N4O3. The first-order chi connectivity index (χ1) is 17.2. The summed E-state index contributed by atoms with van der Waals surface area (Å²) < 4.78 is 0. The lowest BCUT2D eigenvalue weighted by Gasteiger charge is -2.30. The second-order valence-electron chi connectivity index (χ2n) is 10.3. The van der Waals surface area contributed by atoms with Gasteiger partial charge in [-0.25, -0.2) is 4.79 Å². The molecule has 2 aromatic carbocycles. The highest BCUT2D eigenvalue weighted by atomic mass is 16.2. The summed E-state index contributed by atoms with van der Waals surface area (Å²) in [4.78, 5) is 45.4. The van der Waals surface area contributed by atoms with Crippen molar-refractivity contribution in [2.75, 3.05) is 46.8 Å². The van der Waals surface area contributed by atoms with Gasteiger partial charge in [-0.05, 0) is 49.9 Å². The minimum absolute atomic E-state index is 0.00210. The van der Waals surface area contributed by atoms with E-state index in [1.807, 2.05) is 48.2 Å². The van der Waals surface area contributed by atoms with Gasteiger partial charge >= 0.3 is 6.03 Å². The van der Waals surface area contributed by atoms with E-state index >= 15 is 0 Å². The van der Waals surface area contributed by atoms with Crippen LogP contribution in [0.4, 0.5) is 4.79 Å². The summed E-state index contributed by atoms with van der Waals surface area (Å²) in [6, 6.07) is 16.3. The Kier molecular flexibility index (Phi) is 8.09. The molecule has 0 spiro atoms. The standard InChI is InChI=1S/C29H38N4O3/c1-21-5-7-23(8-6-21)24-9-11-25(12-10-24)28(35)30(3)27-15-18-33(20-27)29(36)31(4)26-14-17-32(19-26)16-13-22(2)34/h5-12,26-27H,13-20H2,1-4H3/t26?,27-/m0/s1. The average molecular weight is 491 g/mol. The summed E-state index contributed by atoms with van der Waals surface area (Å²) in [6.45, 7) is 7.37. The van der Waals surface area contributed by atoms with Crippen LogP contribution in [0.25, 0.3) is 11.1 Å². The zero-order valence-corrected chi connectivity index (χ0v) is 21.9. The van der Waals surface area contributed by atoms with Crippen LogP contribution in [-0.4, -0.2) is 96.2 Å². The Hall–Kier alpha value is -3.19. The van der Waals surface area contributed by atoms with Crippen molar-refractivity contribution in [2.24, 2.45) is 0 Å². The average Bonchev–Trinajstić information content (AvgIpc) is 3.57. The number of ketones is 1. The van der Waals surface area contributed by atoms with Crippen molar-refractivity contribution in [3.8, 4) is 11.1 Å². The molecule has 0 aromatic heterocycles. The molecule has 2 saturated heterocycles. The Morgan fingerprint density at radius 2 is 1.42 bits per heavy atom. The second-order valence-corrected chi connectivity index (χ2v) is 10.3. The molecular weight excluding hydrogens is 452 g/mol. The van der Waals surface area contributed by atoms with Gasteiger partial charge in [0.05, 0.1) is 6.04 Å². The van der Waals surface area contributed by atoms with Gasteiger partial charge in [0.25, 0.3) is 5.91 Å². The Morgan fingerprint density at radius 1 is 0.833 bits per heavy atom. The van der Waals surface area contributed by atoms with E-state index in [4.69, 9.17) is 0 Å². The van der Waals surface area contributed by atoms with Crippen molar-refractivity contribution >= 4 is 17.7 Å². The lowest BCUT2D eigenvalue weighted by atomic mass is 10.0. The van der Waals surface area contributed by atoms with Gasteiger partial charge in [0.1, 0.15) is 5.78 Å². The van der Waals surface area contributed by atoms with Crippen LogP contribution in [0.15, 0.2) is 48.5 Å². The molecule has 2 aliphatic rings. The monoisotopic (exact) mass is 490 g/mol. The number of likely N-dealkylation sites (tertiary alicyclic amines) is 2. The lowest BCUT2D eigenvalue weighted by Crippen LogP contribution is -2.47. The zero-order chi connectivity index (χ0) is 25.8. The molecule has 7 heteroatoms. The first-order valence-electron chi connectivity index (χ1n) is 12.9. The predicted molar refractivity (Wildman–Crippen MR) is 142 cm³/mol. The van der Waals surface area contributed by atoms with Crippen LogP contribution in [0.3, 0.4) is 0 Å². The molecule has 1 unspecified atom stereocenters. The Morgan fingerprint density at radius 3 is 2.06 bits per heavy atom. The van der Waals surface area contributed by atoms with E-state index in [-0.39, 0.29) is 29.8 Å². The quantitative estimate of drug-likeness (QED) is 0.590. The van der Waals surface area contributed by atoms with E-state index in [9.17, 15) is 14.4 Å². The van der Waals surface area contributed by atoms with Crippen molar-refractivity contribution in [2.45, 2.75) is 45.2 Å². The van der Waals surface area contributed by atoms with Crippen LogP contribution in [0.5, 0.6) is 0 Å². The molecule has 0 bridgehead atoms. The summed E-state index contributed by atoms with van der Waals surface area (Å²) in [5.74, 6) is 0.182.